The van der Waals surface area contributed by atoms with Crippen molar-refractivity contribution in [2.75, 3.05) is 22.9 Å². The number of hydrogen-bond acceptors (Lipinski definition) is 5. The van der Waals surface area contributed by atoms with Crippen LogP contribution in [0.1, 0.15) is 40.0 Å². The van der Waals surface area contributed by atoms with Gasteiger partial charge in [0.2, 0.25) is 5.91 Å². The zero-order valence-electron chi connectivity index (χ0n) is 21.3. The highest BCUT2D eigenvalue weighted by atomic mass is 35.5. The maximum absolute atomic E-state index is 13.9. The fourth-order valence-corrected chi connectivity index (χ4v) is 5.88. The summed E-state index contributed by atoms with van der Waals surface area (Å²) in [5, 5.41) is 1.35. The maximum Gasteiger partial charge on any atom is 0.421 e. The second-order valence-electron chi connectivity index (χ2n) is 11.1. The van der Waals surface area contributed by atoms with Gasteiger partial charge in [-0.1, -0.05) is 11.6 Å². The quantitative estimate of drug-likeness (QED) is 0.374. The number of halogens is 2. The molecule has 1 saturated heterocycles. The third kappa shape index (κ3) is 5.57. The Bertz CT molecular complexity index is 1310. The number of rotatable bonds is 4. The van der Waals surface area contributed by atoms with Crippen molar-refractivity contribution in [3.63, 3.8) is 0 Å². The second kappa shape index (κ2) is 9.93. The number of pyridine rings is 1. The van der Waals surface area contributed by atoms with Crippen LogP contribution in [-0.4, -0.2) is 35.7 Å². The molecule has 0 radical (unpaired) electrons. The molecule has 37 heavy (non-hydrogen) atoms. The van der Waals surface area contributed by atoms with Gasteiger partial charge in [0.05, 0.1) is 11.2 Å². The Hall–Kier alpha value is -3.19. The Morgan fingerprint density at radius 3 is 2.41 bits per heavy atom. The highest BCUT2D eigenvalue weighted by Gasteiger charge is 2.42. The molecule has 194 valence electrons. The standard InChI is InChI=1S/C29H31ClFN3O3/c1-29(2,3)37-28(36)34(23-7-4-21(30)5-8-23)27(35)14-18-12-19-16-33(17-20(19)13-18)26-10-11-32-25-9-6-22(31)15-24(25)26/h4-11,15,18-20H,12-14,16-17H2,1-3H3/t18-,19-,20+. The molecule has 6 nitrogen and oxygen atoms in total. The summed E-state index contributed by atoms with van der Waals surface area (Å²) < 4.78 is 19.5. The van der Waals surface area contributed by atoms with Crippen molar-refractivity contribution >= 4 is 45.9 Å². The molecule has 1 saturated carbocycles. The van der Waals surface area contributed by atoms with E-state index in [1.165, 1.54) is 6.07 Å². The maximum atomic E-state index is 13.9. The van der Waals surface area contributed by atoms with Crippen LogP contribution in [0, 0.1) is 23.6 Å². The van der Waals surface area contributed by atoms with Crippen LogP contribution in [0.3, 0.4) is 0 Å². The normalized spacial score (nSPS) is 21.2. The first-order chi connectivity index (χ1) is 17.6. The monoisotopic (exact) mass is 523 g/mol. The van der Waals surface area contributed by atoms with Crippen molar-refractivity contribution in [3.05, 3.63) is 65.6 Å². The summed E-state index contributed by atoms with van der Waals surface area (Å²) in [5.41, 5.74) is 1.51. The van der Waals surface area contributed by atoms with Crippen molar-refractivity contribution < 1.29 is 18.7 Å². The Kier molecular flexibility index (Phi) is 6.84. The second-order valence-corrected chi connectivity index (χ2v) is 11.6. The van der Waals surface area contributed by atoms with Crippen LogP contribution in [0.15, 0.2) is 54.7 Å². The van der Waals surface area contributed by atoms with Gasteiger partial charge < -0.3 is 9.64 Å². The number of ether oxygens (including phenoxy) is 1. The van der Waals surface area contributed by atoms with E-state index in [0.29, 0.717) is 22.5 Å². The van der Waals surface area contributed by atoms with Gasteiger partial charge in [0.1, 0.15) is 11.4 Å². The average Bonchev–Trinajstić information content (AvgIpc) is 3.37. The molecule has 0 bridgehead atoms. The van der Waals surface area contributed by atoms with Gasteiger partial charge in [-0.05, 0) is 99.9 Å². The van der Waals surface area contributed by atoms with Gasteiger partial charge in [-0.15, -0.1) is 0 Å². The first kappa shape index (κ1) is 25.5. The van der Waals surface area contributed by atoms with E-state index in [1.807, 2.05) is 6.07 Å². The van der Waals surface area contributed by atoms with E-state index in [9.17, 15) is 14.0 Å². The van der Waals surface area contributed by atoms with Crippen molar-refractivity contribution in [1.82, 2.24) is 4.98 Å². The molecule has 2 aromatic carbocycles. The lowest BCUT2D eigenvalue weighted by molar-refractivity contribution is -0.119. The van der Waals surface area contributed by atoms with Crippen molar-refractivity contribution in [1.29, 1.82) is 0 Å². The van der Waals surface area contributed by atoms with E-state index < -0.39 is 11.7 Å². The van der Waals surface area contributed by atoms with Crippen molar-refractivity contribution in [2.24, 2.45) is 17.8 Å². The highest BCUT2D eigenvalue weighted by molar-refractivity contribution is 6.30. The van der Waals surface area contributed by atoms with Crippen molar-refractivity contribution in [2.45, 2.75) is 45.6 Å². The largest absolute Gasteiger partial charge is 0.443 e. The molecule has 0 spiro atoms. The summed E-state index contributed by atoms with van der Waals surface area (Å²) in [5.74, 6) is 0.539. The van der Waals surface area contributed by atoms with Crippen LogP contribution in [0.2, 0.25) is 5.02 Å². The molecule has 0 unspecified atom stereocenters. The molecule has 3 aromatic rings. The Morgan fingerprint density at radius 1 is 1.08 bits per heavy atom. The van der Waals surface area contributed by atoms with Gasteiger partial charge in [-0.3, -0.25) is 9.78 Å². The summed E-state index contributed by atoms with van der Waals surface area (Å²) in [6.45, 7) is 7.05. The number of carbonyl (C=O) groups is 2. The van der Waals surface area contributed by atoms with Gasteiger partial charge in [-0.25, -0.2) is 14.1 Å². The van der Waals surface area contributed by atoms with E-state index in [2.05, 4.69) is 9.88 Å². The number of nitrogens with zero attached hydrogens (tertiary/aromatic N) is 3. The van der Waals surface area contributed by atoms with E-state index in [-0.39, 0.29) is 24.1 Å². The Morgan fingerprint density at radius 2 is 1.76 bits per heavy atom. The number of hydrogen-bond donors (Lipinski definition) is 0. The third-order valence-electron chi connectivity index (χ3n) is 7.24. The topological polar surface area (TPSA) is 62.7 Å². The van der Waals surface area contributed by atoms with Gasteiger partial charge >= 0.3 is 6.09 Å². The number of anilines is 2. The molecule has 2 fully saturated rings. The fraction of sp³-hybridized carbons (Fsp3) is 0.414. The lowest BCUT2D eigenvalue weighted by Crippen LogP contribution is -2.41. The molecular formula is C29H31ClFN3O3. The molecule has 1 aliphatic heterocycles. The van der Waals surface area contributed by atoms with Crippen LogP contribution in [0.4, 0.5) is 20.6 Å². The average molecular weight is 524 g/mol. The highest BCUT2D eigenvalue weighted by Crippen LogP contribution is 2.45. The fourth-order valence-electron chi connectivity index (χ4n) is 5.76. The Labute approximate surface area is 221 Å². The lowest BCUT2D eigenvalue weighted by Gasteiger charge is -2.27. The molecule has 5 rings (SSSR count). The van der Waals surface area contributed by atoms with Crippen LogP contribution < -0.4 is 9.80 Å². The van der Waals surface area contributed by atoms with Crippen LogP contribution in [0.25, 0.3) is 10.9 Å². The van der Waals surface area contributed by atoms with E-state index in [4.69, 9.17) is 16.3 Å². The Balaban J connectivity index is 1.27. The SMILES string of the molecule is CC(C)(C)OC(=O)N(C(=O)C[C@@H]1C[C@@H]2CN(c3ccnc4ccc(F)cc34)C[C@@H]2C1)c1ccc(Cl)cc1. The molecule has 0 N–H and O–H groups in total. The van der Waals surface area contributed by atoms with Gasteiger partial charge in [-0.2, -0.15) is 0 Å². The third-order valence-corrected chi connectivity index (χ3v) is 7.50. The summed E-state index contributed by atoms with van der Waals surface area (Å²) in [7, 11) is 0. The number of imide groups is 1. The predicted octanol–water partition coefficient (Wildman–Crippen LogP) is 6.85. The first-order valence-electron chi connectivity index (χ1n) is 12.7. The van der Waals surface area contributed by atoms with Gasteiger partial charge in [0, 0.05) is 41.8 Å². The summed E-state index contributed by atoms with van der Waals surface area (Å²) >= 11 is 6.02. The number of fused-ring (bicyclic) bond motifs is 2. The van der Waals surface area contributed by atoms with Crippen LogP contribution >= 0.6 is 11.6 Å². The van der Waals surface area contributed by atoms with Crippen LogP contribution in [0.5, 0.6) is 0 Å². The van der Waals surface area contributed by atoms with Crippen molar-refractivity contribution in [3.8, 4) is 0 Å². The minimum Gasteiger partial charge on any atom is -0.443 e. The molecular weight excluding hydrogens is 493 g/mol. The zero-order valence-corrected chi connectivity index (χ0v) is 22.0. The van der Waals surface area contributed by atoms with Gasteiger partial charge in [0.25, 0.3) is 0 Å². The predicted molar refractivity (Wildman–Crippen MR) is 143 cm³/mol. The molecule has 1 aliphatic carbocycles. The number of aromatic nitrogens is 1. The molecule has 1 aromatic heterocycles. The molecule has 3 atom stereocenters. The molecule has 8 heteroatoms. The summed E-state index contributed by atoms with van der Waals surface area (Å²) in [6.07, 6.45) is 3.19. The smallest absolute Gasteiger partial charge is 0.421 e. The summed E-state index contributed by atoms with van der Waals surface area (Å²) in [6, 6.07) is 13.3. The minimum absolute atomic E-state index is 0.188. The minimum atomic E-state index is -0.726. The number of carbonyl (C=O) groups excluding carboxylic acids is 2. The van der Waals surface area contributed by atoms with E-state index in [1.54, 1.807) is 63.4 Å². The lowest BCUT2D eigenvalue weighted by atomic mass is 10.0. The van der Waals surface area contributed by atoms with E-state index in [0.717, 1.165) is 47.4 Å². The van der Waals surface area contributed by atoms with Crippen LogP contribution in [-0.2, 0) is 9.53 Å². The summed E-state index contributed by atoms with van der Waals surface area (Å²) in [4.78, 5) is 34.3. The number of amides is 2. The number of benzene rings is 2. The molecule has 2 heterocycles. The van der Waals surface area contributed by atoms with E-state index >= 15 is 0 Å². The zero-order chi connectivity index (χ0) is 26.3. The molecule has 2 amide bonds. The molecule has 2 aliphatic rings. The van der Waals surface area contributed by atoms with Gasteiger partial charge in [0.15, 0.2) is 0 Å². The first-order valence-corrected chi connectivity index (χ1v) is 13.1.